The first-order valence-electron chi connectivity index (χ1n) is 6.82. The van der Waals surface area contributed by atoms with Gasteiger partial charge in [-0.1, -0.05) is 46.5 Å². The second kappa shape index (κ2) is 9.20. The van der Waals surface area contributed by atoms with E-state index in [1.165, 1.54) is 6.42 Å². The molecule has 0 fully saturated rings. The first-order chi connectivity index (χ1) is 8.14. The molecule has 0 aliphatic rings. The van der Waals surface area contributed by atoms with E-state index in [2.05, 4.69) is 6.92 Å². The number of rotatable bonds is 10. The van der Waals surface area contributed by atoms with Crippen molar-refractivity contribution < 1.29 is 14.3 Å². The molecule has 0 aromatic heterocycles. The highest BCUT2D eigenvalue weighted by Crippen LogP contribution is 2.24. The highest BCUT2D eigenvalue weighted by Gasteiger charge is 2.32. The molecule has 3 nitrogen and oxygen atoms in total. The van der Waals surface area contributed by atoms with Gasteiger partial charge in [0.1, 0.15) is 0 Å². The van der Waals surface area contributed by atoms with Crippen molar-refractivity contribution in [3.8, 4) is 0 Å². The smallest absolute Gasteiger partial charge is 0.306 e. The van der Waals surface area contributed by atoms with E-state index in [1.54, 1.807) is 6.92 Å². The Morgan fingerprint density at radius 3 is 2.24 bits per heavy atom. The summed E-state index contributed by atoms with van der Waals surface area (Å²) in [4.78, 5) is 22.6. The SMILES string of the molecule is CCCCCCC(C=O)(CCC)OC(=O)CC. The van der Waals surface area contributed by atoms with Gasteiger partial charge >= 0.3 is 5.97 Å². The molecule has 0 N–H and O–H groups in total. The summed E-state index contributed by atoms with van der Waals surface area (Å²) in [6.07, 6.45) is 7.68. The molecular weight excluding hydrogens is 216 g/mol. The van der Waals surface area contributed by atoms with E-state index in [-0.39, 0.29) is 5.97 Å². The van der Waals surface area contributed by atoms with Gasteiger partial charge in [-0.2, -0.15) is 0 Å². The van der Waals surface area contributed by atoms with Crippen LogP contribution in [0.2, 0.25) is 0 Å². The van der Waals surface area contributed by atoms with E-state index >= 15 is 0 Å². The monoisotopic (exact) mass is 242 g/mol. The predicted molar refractivity (Wildman–Crippen MR) is 68.8 cm³/mol. The maximum Gasteiger partial charge on any atom is 0.306 e. The Kier molecular flexibility index (Phi) is 8.73. The number of aldehydes is 1. The van der Waals surface area contributed by atoms with E-state index in [1.807, 2.05) is 6.92 Å². The van der Waals surface area contributed by atoms with Gasteiger partial charge < -0.3 is 4.74 Å². The van der Waals surface area contributed by atoms with Crippen molar-refractivity contribution in [1.82, 2.24) is 0 Å². The highest BCUT2D eigenvalue weighted by atomic mass is 16.6. The molecule has 3 heteroatoms. The molecular formula is C14H26O3. The molecule has 0 aliphatic heterocycles. The fourth-order valence-electron chi connectivity index (χ4n) is 1.94. The average Bonchev–Trinajstić information content (AvgIpc) is 2.34. The number of carbonyl (C=O) groups is 2. The van der Waals surface area contributed by atoms with Gasteiger partial charge in [0.05, 0.1) is 0 Å². The number of carbonyl (C=O) groups excluding carboxylic acids is 2. The standard InChI is InChI=1S/C14H26O3/c1-4-7-8-9-11-14(12-15,10-5-2)17-13(16)6-3/h12H,4-11H2,1-3H3. The zero-order valence-electron chi connectivity index (χ0n) is 11.5. The van der Waals surface area contributed by atoms with Crippen LogP contribution in [-0.4, -0.2) is 17.9 Å². The molecule has 1 atom stereocenters. The van der Waals surface area contributed by atoms with E-state index in [9.17, 15) is 9.59 Å². The summed E-state index contributed by atoms with van der Waals surface area (Å²) in [5.41, 5.74) is -0.865. The zero-order chi connectivity index (χ0) is 13.1. The Labute approximate surface area is 105 Å². The normalized spacial score (nSPS) is 14.1. The molecule has 1 unspecified atom stereocenters. The summed E-state index contributed by atoms with van der Waals surface area (Å²) in [6.45, 7) is 5.90. The Balaban J connectivity index is 4.36. The van der Waals surface area contributed by atoms with Gasteiger partial charge in [0.2, 0.25) is 0 Å². The van der Waals surface area contributed by atoms with Crippen LogP contribution in [0.5, 0.6) is 0 Å². The molecule has 0 amide bonds. The Bertz CT molecular complexity index is 226. The van der Waals surface area contributed by atoms with Gasteiger partial charge in [-0.3, -0.25) is 9.59 Å². The van der Waals surface area contributed by atoms with E-state index in [0.29, 0.717) is 19.3 Å². The molecule has 0 aliphatic carbocycles. The second-order valence-corrected chi connectivity index (χ2v) is 4.57. The fraction of sp³-hybridized carbons (Fsp3) is 0.857. The predicted octanol–water partition coefficient (Wildman–Crippen LogP) is 3.65. The quantitative estimate of drug-likeness (QED) is 0.333. The van der Waals surface area contributed by atoms with Crippen LogP contribution in [0, 0.1) is 0 Å². The molecule has 0 aromatic rings. The van der Waals surface area contributed by atoms with Gasteiger partial charge in [-0.15, -0.1) is 0 Å². The van der Waals surface area contributed by atoms with Crippen LogP contribution in [-0.2, 0) is 14.3 Å². The summed E-state index contributed by atoms with van der Waals surface area (Å²) in [5.74, 6) is -0.277. The minimum atomic E-state index is -0.865. The molecule has 100 valence electrons. The molecule has 0 rings (SSSR count). The number of hydrogen-bond acceptors (Lipinski definition) is 3. The van der Waals surface area contributed by atoms with Crippen LogP contribution in [0.1, 0.15) is 72.1 Å². The first kappa shape index (κ1) is 16.1. The van der Waals surface area contributed by atoms with Gasteiger partial charge in [0.15, 0.2) is 11.9 Å². The maximum absolute atomic E-state index is 11.4. The van der Waals surface area contributed by atoms with Crippen LogP contribution >= 0.6 is 0 Å². The topological polar surface area (TPSA) is 43.4 Å². The van der Waals surface area contributed by atoms with E-state index in [0.717, 1.165) is 32.0 Å². The summed E-state index contributed by atoms with van der Waals surface area (Å²) < 4.78 is 5.35. The van der Waals surface area contributed by atoms with Gasteiger partial charge in [0, 0.05) is 6.42 Å². The Morgan fingerprint density at radius 2 is 1.76 bits per heavy atom. The lowest BCUT2D eigenvalue weighted by molar-refractivity contribution is -0.164. The summed E-state index contributed by atoms with van der Waals surface area (Å²) in [6, 6.07) is 0. The lowest BCUT2D eigenvalue weighted by Gasteiger charge is -2.27. The average molecular weight is 242 g/mol. The summed E-state index contributed by atoms with van der Waals surface area (Å²) >= 11 is 0. The van der Waals surface area contributed by atoms with Crippen molar-refractivity contribution >= 4 is 12.3 Å². The van der Waals surface area contributed by atoms with Crippen LogP contribution in [0.25, 0.3) is 0 Å². The zero-order valence-corrected chi connectivity index (χ0v) is 11.5. The minimum absolute atomic E-state index is 0.277. The van der Waals surface area contributed by atoms with Crippen molar-refractivity contribution in [2.75, 3.05) is 0 Å². The van der Waals surface area contributed by atoms with Crippen molar-refractivity contribution in [2.24, 2.45) is 0 Å². The third kappa shape index (κ3) is 6.44. The molecule has 17 heavy (non-hydrogen) atoms. The molecule has 0 radical (unpaired) electrons. The van der Waals surface area contributed by atoms with Crippen molar-refractivity contribution in [3.05, 3.63) is 0 Å². The van der Waals surface area contributed by atoms with Gasteiger partial charge in [-0.05, 0) is 19.3 Å². The Hall–Kier alpha value is -0.860. The van der Waals surface area contributed by atoms with Gasteiger partial charge in [0.25, 0.3) is 0 Å². The van der Waals surface area contributed by atoms with Crippen molar-refractivity contribution in [1.29, 1.82) is 0 Å². The highest BCUT2D eigenvalue weighted by molar-refractivity contribution is 5.74. The van der Waals surface area contributed by atoms with Crippen LogP contribution in [0.15, 0.2) is 0 Å². The van der Waals surface area contributed by atoms with E-state index in [4.69, 9.17) is 4.74 Å². The summed E-state index contributed by atoms with van der Waals surface area (Å²) in [5, 5.41) is 0. The molecule has 0 bridgehead atoms. The molecule has 0 spiro atoms. The third-order valence-corrected chi connectivity index (χ3v) is 2.95. The fourth-order valence-corrected chi connectivity index (χ4v) is 1.94. The number of hydrogen-bond donors (Lipinski definition) is 0. The number of unbranched alkanes of at least 4 members (excludes halogenated alkanes) is 3. The summed E-state index contributed by atoms with van der Waals surface area (Å²) in [7, 11) is 0. The van der Waals surface area contributed by atoms with Gasteiger partial charge in [-0.25, -0.2) is 0 Å². The third-order valence-electron chi connectivity index (χ3n) is 2.95. The van der Waals surface area contributed by atoms with Crippen LogP contribution < -0.4 is 0 Å². The molecule has 0 saturated carbocycles. The molecule has 0 saturated heterocycles. The second-order valence-electron chi connectivity index (χ2n) is 4.57. The van der Waals surface area contributed by atoms with Crippen molar-refractivity contribution in [3.63, 3.8) is 0 Å². The maximum atomic E-state index is 11.4. The number of ether oxygens (including phenoxy) is 1. The minimum Gasteiger partial charge on any atom is -0.451 e. The van der Waals surface area contributed by atoms with Crippen LogP contribution in [0.4, 0.5) is 0 Å². The van der Waals surface area contributed by atoms with Crippen LogP contribution in [0.3, 0.4) is 0 Å². The molecule has 0 aromatic carbocycles. The lowest BCUT2D eigenvalue weighted by Crippen LogP contribution is -2.36. The number of esters is 1. The van der Waals surface area contributed by atoms with E-state index < -0.39 is 5.60 Å². The lowest BCUT2D eigenvalue weighted by atomic mass is 9.92. The Morgan fingerprint density at radius 1 is 1.06 bits per heavy atom. The molecule has 0 heterocycles. The van der Waals surface area contributed by atoms with Crippen molar-refractivity contribution in [2.45, 2.75) is 77.7 Å². The largest absolute Gasteiger partial charge is 0.451 e. The first-order valence-corrected chi connectivity index (χ1v) is 6.82.